The molecule has 0 atom stereocenters. The van der Waals surface area contributed by atoms with E-state index in [9.17, 15) is 0 Å². The molecule has 2 aromatic heterocycles. The molecular weight excluding hydrogens is 232 g/mol. The molecule has 0 radical (unpaired) electrons. The SMILES string of the molecule is N#CCc1nc(-c2cc3ccccc3o2)cs1. The fourth-order valence-corrected chi connectivity index (χ4v) is 2.40. The molecular formula is C13H8N2OS. The summed E-state index contributed by atoms with van der Waals surface area (Å²) in [6.45, 7) is 0. The highest BCUT2D eigenvalue weighted by atomic mass is 32.1. The van der Waals surface area contributed by atoms with E-state index < -0.39 is 0 Å². The van der Waals surface area contributed by atoms with Crippen LogP contribution in [0.1, 0.15) is 5.01 Å². The van der Waals surface area contributed by atoms with E-state index in [1.165, 1.54) is 11.3 Å². The summed E-state index contributed by atoms with van der Waals surface area (Å²) in [5.41, 5.74) is 1.66. The van der Waals surface area contributed by atoms with Gasteiger partial charge in [0.15, 0.2) is 5.76 Å². The van der Waals surface area contributed by atoms with E-state index in [-0.39, 0.29) is 0 Å². The Bertz CT molecular complexity index is 672. The Morgan fingerprint density at radius 1 is 1.35 bits per heavy atom. The zero-order valence-electron chi connectivity index (χ0n) is 8.88. The lowest BCUT2D eigenvalue weighted by molar-refractivity contribution is 0.629. The first-order chi connectivity index (χ1) is 8.36. The number of hydrogen-bond donors (Lipinski definition) is 0. The minimum Gasteiger partial charge on any atom is -0.454 e. The lowest BCUT2D eigenvalue weighted by atomic mass is 10.2. The Labute approximate surface area is 102 Å². The molecule has 17 heavy (non-hydrogen) atoms. The summed E-state index contributed by atoms with van der Waals surface area (Å²) >= 11 is 1.49. The average molecular weight is 240 g/mol. The molecule has 3 nitrogen and oxygen atoms in total. The summed E-state index contributed by atoms with van der Waals surface area (Å²) in [7, 11) is 0. The fraction of sp³-hybridized carbons (Fsp3) is 0.0769. The molecule has 0 saturated heterocycles. The van der Waals surface area contributed by atoms with Crippen molar-refractivity contribution in [3.63, 3.8) is 0 Å². The van der Waals surface area contributed by atoms with Gasteiger partial charge in [-0.25, -0.2) is 4.98 Å². The van der Waals surface area contributed by atoms with Gasteiger partial charge in [0.25, 0.3) is 0 Å². The number of hydrogen-bond acceptors (Lipinski definition) is 4. The van der Waals surface area contributed by atoms with E-state index in [4.69, 9.17) is 9.68 Å². The van der Waals surface area contributed by atoms with Crippen molar-refractivity contribution in [2.24, 2.45) is 0 Å². The van der Waals surface area contributed by atoms with Gasteiger partial charge in [0.1, 0.15) is 16.3 Å². The molecule has 0 aliphatic carbocycles. The first kappa shape index (κ1) is 10.1. The quantitative estimate of drug-likeness (QED) is 0.687. The van der Waals surface area contributed by atoms with Crippen LogP contribution >= 0.6 is 11.3 Å². The number of thiazole rings is 1. The number of benzene rings is 1. The number of fused-ring (bicyclic) bond motifs is 1. The van der Waals surface area contributed by atoms with Gasteiger partial charge in [-0.05, 0) is 12.1 Å². The summed E-state index contributed by atoms with van der Waals surface area (Å²) in [6, 6.07) is 11.9. The molecule has 0 N–H and O–H groups in total. The second-order valence-corrected chi connectivity index (χ2v) is 4.55. The zero-order chi connectivity index (χ0) is 11.7. The van der Waals surface area contributed by atoms with E-state index in [0.717, 1.165) is 27.4 Å². The van der Waals surface area contributed by atoms with Gasteiger partial charge in [-0.15, -0.1) is 11.3 Å². The predicted molar refractivity (Wildman–Crippen MR) is 66.6 cm³/mol. The van der Waals surface area contributed by atoms with Crippen molar-refractivity contribution >= 4 is 22.3 Å². The van der Waals surface area contributed by atoms with E-state index in [1.54, 1.807) is 0 Å². The number of aromatic nitrogens is 1. The Morgan fingerprint density at radius 2 is 2.24 bits per heavy atom. The first-order valence-corrected chi connectivity index (χ1v) is 6.05. The van der Waals surface area contributed by atoms with E-state index in [1.807, 2.05) is 35.7 Å². The van der Waals surface area contributed by atoms with Crippen LogP contribution in [0.25, 0.3) is 22.4 Å². The highest BCUT2D eigenvalue weighted by molar-refractivity contribution is 7.10. The summed E-state index contributed by atoms with van der Waals surface area (Å²) in [4.78, 5) is 4.37. The summed E-state index contributed by atoms with van der Waals surface area (Å²) in [6.07, 6.45) is 0.352. The van der Waals surface area contributed by atoms with Crippen LogP contribution in [0, 0.1) is 11.3 Å². The molecule has 2 heterocycles. The lowest BCUT2D eigenvalue weighted by Crippen LogP contribution is -1.79. The van der Waals surface area contributed by atoms with Crippen LogP contribution in [-0.2, 0) is 6.42 Å². The van der Waals surface area contributed by atoms with Gasteiger partial charge in [0, 0.05) is 10.8 Å². The topological polar surface area (TPSA) is 49.8 Å². The van der Waals surface area contributed by atoms with Crippen molar-refractivity contribution in [1.82, 2.24) is 4.98 Å². The monoisotopic (exact) mass is 240 g/mol. The molecule has 4 heteroatoms. The van der Waals surface area contributed by atoms with Crippen LogP contribution < -0.4 is 0 Å². The van der Waals surface area contributed by atoms with Crippen LogP contribution in [0.4, 0.5) is 0 Å². The predicted octanol–water partition coefficient (Wildman–Crippen LogP) is 3.62. The van der Waals surface area contributed by atoms with Crippen LogP contribution in [-0.4, -0.2) is 4.98 Å². The summed E-state index contributed by atoms with van der Waals surface area (Å²) < 4.78 is 5.71. The second kappa shape index (κ2) is 4.04. The van der Waals surface area contributed by atoms with Gasteiger partial charge in [-0.1, -0.05) is 18.2 Å². The zero-order valence-corrected chi connectivity index (χ0v) is 9.70. The number of nitrogens with zero attached hydrogens (tertiary/aromatic N) is 2. The maximum atomic E-state index is 8.61. The number of rotatable bonds is 2. The second-order valence-electron chi connectivity index (χ2n) is 3.61. The lowest BCUT2D eigenvalue weighted by Gasteiger charge is -1.87. The highest BCUT2D eigenvalue weighted by Gasteiger charge is 2.09. The molecule has 1 aromatic carbocycles. The van der Waals surface area contributed by atoms with Crippen molar-refractivity contribution in [3.8, 4) is 17.5 Å². The van der Waals surface area contributed by atoms with Crippen molar-refractivity contribution in [2.45, 2.75) is 6.42 Å². The molecule has 0 saturated carbocycles. The minimum absolute atomic E-state index is 0.352. The third-order valence-corrected chi connectivity index (χ3v) is 3.31. The Balaban J connectivity index is 2.05. The molecule has 3 rings (SSSR count). The number of para-hydroxylation sites is 1. The van der Waals surface area contributed by atoms with Crippen LogP contribution in [0.3, 0.4) is 0 Å². The molecule has 0 spiro atoms. The van der Waals surface area contributed by atoms with Crippen molar-refractivity contribution in [3.05, 3.63) is 40.7 Å². The molecule has 0 aliphatic rings. The van der Waals surface area contributed by atoms with Gasteiger partial charge < -0.3 is 4.42 Å². The number of furan rings is 1. The molecule has 0 aliphatic heterocycles. The fourth-order valence-electron chi connectivity index (χ4n) is 1.68. The maximum Gasteiger partial charge on any atom is 0.154 e. The van der Waals surface area contributed by atoms with E-state index in [0.29, 0.717) is 6.42 Å². The molecule has 0 amide bonds. The van der Waals surface area contributed by atoms with E-state index >= 15 is 0 Å². The van der Waals surface area contributed by atoms with Gasteiger partial charge in [0.2, 0.25) is 0 Å². The summed E-state index contributed by atoms with van der Waals surface area (Å²) in [5.74, 6) is 0.756. The normalized spacial score (nSPS) is 10.5. The highest BCUT2D eigenvalue weighted by Crippen LogP contribution is 2.28. The Kier molecular flexibility index (Phi) is 2.39. The molecule has 82 valence electrons. The molecule has 0 fully saturated rings. The summed E-state index contributed by atoms with van der Waals surface area (Å²) in [5, 5.41) is 12.4. The van der Waals surface area contributed by atoms with Crippen LogP contribution in [0.15, 0.2) is 40.1 Å². The van der Waals surface area contributed by atoms with Crippen molar-refractivity contribution in [2.75, 3.05) is 0 Å². The van der Waals surface area contributed by atoms with Gasteiger partial charge in [-0.3, -0.25) is 0 Å². The number of nitriles is 1. The maximum absolute atomic E-state index is 8.61. The van der Waals surface area contributed by atoms with Crippen molar-refractivity contribution in [1.29, 1.82) is 5.26 Å². The van der Waals surface area contributed by atoms with Crippen LogP contribution in [0.5, 0.6) is 0 Å². The average Bonchev–Trinajstić information content (AvgIpc) is 2.94. The molecule has 0 unspecified atom stereocenters. The standard InChI is InChI=1S/C13H8N2OS/c14-6-5-13-15-10(8-17-13)12-7-9-3-1-2-4-11(9)16-12/h1-4,7-8H,5H2. The van der Waals surface area contributed by atoms with E-state index in [2.05, 4.69) is 11.1 Å². The smallest absolute Gasteiger partial charge is 0.154 e. The third-order valence-electron chi connectivity index (χ3n) is 2.46. The minimum atomic E-state index is 0.352. The van der Waals surface area contributed by atoms with Gasteiger partial charge >= 0.3 is 0 Å². The first-order valence-electron chi connectivity index (χ1n) is 5.17. The Morgan fingerprint density at radius 3 is 3.06 bits per heavy atom. The van der Waals surface area contributed by atoms with Crippen molar-refractivity contribution < 1.29 is 4.42 Å². The van der Waals surface area contributed by atoms with Gasteiger partial charge in [-0.2, -0.15) is 5.26 Å². The Hall–Kier alpha value is -2.12. The molecule has 0 bridgehead atoms. The van der Waals surface area contributed by atoms with Crippen LogP contribution in [0.2, 0.25) is 0 Å². The molecule has 3 aromatic rings. The third kappa shape index (κ3) is 1.81. The van der Waals surface area contributed by atoms with Gasteiger partial charge in [0.05, 0.1) is 12.5 Å². The largest absolute Gasteiger partial charge is 0.454 e.